The van der Waals surface area contributed by atoms with E-state index >= 15 is 0 Å². The van der Waals surface area contributed by atoms with Crippen molar-refractivity contribution < 1.29 is 14.6 Å². The maximum atomic E-state index is 11.7. The predicted molar refractivity (Wildman–Crippen MR) is 77.9 cm³/mol. The van der Waals surface area contributed by atoms with Gasteiger partial charge in [0.25, 0.3) is 5.91 Å². The number of anilines is 1. The van der Waals surface area contributed by atoms with Crippen LogP contribution in [0.1, 0.15) is 5.56 Å². The summed E-state index contributed by atoms with van der Waals surface area (Å²) in [5.74, 6) is 0.330. The molecule has 0 aliphatic rings. The maximum absolute atomic E-state index is 11.7. The standard InChI is InChI=1S/C15H14ClNO3/c16-12-3-7-14(8-4-12)20-10-15(19)17-13-5-1-11(9-18)2-6-13/h1-8,18H,9-10H2,(H,17,19). The number of ether oxygens (including phenoxy) is 1. The highest BCUT2D eigenvalue weighted by atomic mass is 35.5. The smallest absolute Gasteiger partial charge is 0.262 e. The second kappa shape index (κ2) is 6.93. The van der Waals surface area contributed by atoms with Gasteiger partial charge < -0.3 is 15.2 Å². The molecule has 0 heterocycles. The number of carbonyl (C=O) groups is 1. The van der Waals surface area contributed by atoms with Crippen molar-refractivity contribution in [3.8, 4) is 5.75 Å². The molecular weight excluding hydrogens is 278 g/mol. The number of halogens is 1. The molecule has 1 amide bonds. The predicted octanol–water partition coefficient (Wildman–Crippen LogP) is 2.85. The second-order valence-electron chi connectivity index (χ2n) is 4.15. The van der Waals surface area contributed by atoms with E-state index in [1.54, 1.807) is 48.5 Å². The first-order valence-corrected chi connectivity index (χ1v) is 6.43. The molecule has 0 bridgehead atoms. The summed E-state index contributed by atoms with van der Waals surface area (Å²) in [6, 6.07) is 13.7. The molecule has 2 aromatic carbocycles. The van der Waals surface area contributed by atoms with E-state index in [1.165, 1.54) is 0 Å². The molecule has 5 heteroatoms. The number of hydrogen-bond acceptors (Lipinski definition) is 3. The average Bonchev–Trinajstić information content (AvgIpc) is 2.47. The number of rotatable bonds is 5. The van der Waals surface area contributed by atoms with Gasteiger partial charge in [-0.1, -0.05) is 23.7 Å². The van der Waals surface area contributed by atoms with E-state index in [0.717, 1.165) is 5.56 Å². The van der Waals surface area contributed by atoms with Gasteiger partial charge in [0, 0.05) is 10.7 Å². The van der Waals surface area contributed by atoms with Crippen LogP contribution in [-0.2, 0) is 11.4 Å². The molecule has 2 rings (SSSR count). The van der Waals surface area contributed by atoms with Gasteiger partial charge in [-0.15, -0.1) is 0 Å². The Morgan fingerprint density at radius 1 is 1.10 bits per heavy atom. The van der Waals surface area contributed by atoms with E-state index in [4.69, 9.17) is 21.4 Å². The zero-order valence-electron chi connectivity index (χ0n) is 10.7. The highest BCUT2D eigenvalue weighted by molar-refractivity contribution is 6.30. The lowest BCUT2D eigenvalue weighted by atomic mass is 10.2. The third-order valence-corrected chi connectivity index (χ3v) is 2.86. The molecule has 0 saturated heterocycles. The van der Waals surface area contributed by atoms with Gasteiger partial charge in [-0.3, -0.25) is 4.79 Å². The summed E-state index contributed by atoms with van der Waals surface area (Å²) >= 11 is 5.75. The molecule has 4 nitrogen and oxygen atoms in total. The molecule has 0 saturated carbocycles. The van der Waals surface area contributed by atoms with Crippen molar-refractivity contribution in [2.24, 2.45) is 0 Å². The fourth-order valence-electron chi connectivity index (χ4n) is 1.57. The van der Waals surface area contributed by atoms with Crippen LogP contribution < -0.4 is 10.1 Å². The lowest BCUT2D eigenvalue weighted by Gasteiger charge is -2.08. The van der Waals surface area contributed by atoms with Crippen LogP contribution in [0.25, 0.3) is 0 Å². The Bertz CT molecular complexity index is 567. The van der Waals surface area contributed by atoms with Crippen LogP contribution in [-0.4, -0.2) is 17.6 Å². The summed E-state index contributed by atoms with van der Waals surface area (Å²) in [5, 5.41) is 12.2. The quantitative estimate of drug-likeness (QED) is 0.890. The summed E-state index contributed by atoms with van der Waals surface area (Å²) < 4.78 is 5.33. The normalized spacial score (nSPS) is 10.1. The minimum atomic E-state index is -0.253. The van der Waals surface area contributed by atoms with Gasteiger partial charge in [0.15, 0.2) is 6.61 Å². The average molecular weight is 292 g/mol. The lowest BCUT2D eigenvalue weighted by Crippen LogP contribution is -2.20. The molecule has 0 aliphatic carbocycles. The molecule has 2 N–H and O–H groups in total. The van der Waals surface area contributed by atoms with Crippen LogP contribution in [0.5, 0.6) is 5.75 Å². The van der Waals surface area contributed by atoms with Crippen molar-refractivity contribution in [2.75, 3.05) is 11.9 Å². The van der Waals surface area contributed by atoms with E-state index in [-0.39, 0.29) is 19.1 Å². The Balaban J connectivity index is 1.84. The number of benzene rings is 2. The number of aliphatic hydroxyl groups excluding tert-OH is 1. The highest BCUT2D eigenvalue weighted by Crippen LogP contribution is 2.15. The number of carbonyl (C=O) groups excluding carboxylic acids is 1. The van der Waals surface area contributed by atoms with Crippen molar-refractivity contribution in [2.45, 2.75) is 6.61 Å². The summed E-state index contributed by atoms with van der Waals surface area (Å²) in [5.41, 5.74) is 1.45. The van der Waals surface area contributed by atoms with Crippen molar-refractivity contribution in [3.63, 3.8) is 0 Å². The fraction of sp³-hybridized carbons (Fsp3) is 0.133. The molecule has 0 unspecified atom stereocenters. The third-order valence-electron chi connectivity index (χ3n) is 2.60. The maximum Gasteiger partial charge on any atom is 0.262 e. The Morgan fingerprint density at radius 3 is 2.35 bits per heavy atom. The van der Waals surface area contributed by atoms with E-state index in [2.05, 4.69) is 5.32 Å². The molecular formula is C15H14ClNO3. The first-order valence-electron chi connectivity index (χ1n) is 6.05. The first kappa shape index (κ1) is 14.4. The van der Waals surface area contributed by atoms with E-state index in [0.29, 0.717) is 16.5 Å². The van der Waals surface area contributed by atoms with Crippen LogP contribution in [0.3, 0.4) is 0 Å². The van der Waals surface area contributed by atoms with Crippen LogP contribution in [0.2, 0.25) is 5.02 Å². The van der Waals surface area contributed by atoms with E-state index in [1.807, 2.05) is 0 Å². The van der Waals surface area contributed by atoms with Gasteiger partial charge in [-0.25, -0.2) is 0 Å². The summed E-state index contributed by atoms with van der Waals surface area (Å²) in [6.45, 7) is -0.0999. The van der Waals surface area contributed by atoms with Crippen LogP contribution in [0, 0.1) is 0 Å². The van der Waals surface area contributed by atoms with Gasteiger partial charge in [0.2, 0.25) is 0 Å². The third kappa shape index (κ3) is 4.26. The molecule has 0 radical (unpaired) electrons. The largest absolute Gasteiger partial charge is 0.484 e. The zero-order chi connectivity index (χ0) is 14.4. The van der Waals surface area contributed by atoms with Gasteiger partial charge >= 0.3 is 0 Å². The van der Waals surface area contributed by atoms with E-state index in [9.17, 15) is 4.79 Å². The number of aliphatic hydroxyl groups is 1. The Morgan fingerprint density at radius 2 is 1.75 bits per heavy atom. The minimum absolute atomic E-state index is 0.0199. The van der Waals surface area contributed by atoms with Crippen molar-refractivity contribution in [1.29, 1.82) is 0 Å². The molecule has 0 aromatic heterocycles. The van der Waals surface area contributed by atoms with Crippen molar-refractivity contribution in [3.05, 3.63) is 59.1 Å². The molecule has 104 valence electrons. The molecule has 0 fully saturated rings. The van der Waals surface area contributed by atoms with Gasteiger partial charge in [0.1, 0.15) is 5.75 Å². The van der Waals surface area contributed by atoms with Crippen molar-refractivity contribution >= 4 is 23.2 Å². The van der Waals surface area contributed by atoms with E-state index < -0.39 is 0 Å². The molecule has 0 atom stereocenters. The van der Waals surface area contributed by atoms with Gasteiger partial charge in [-0.05, 0) is 42.0 Å². The second-order valence-corrected chi connectivity index (χ2v) is 4.58. The first-order chi connectivity index (χ1) is 9.67. The fourth-order valence-corrected chi connectivity index (χ4v) is 1.70. The van der Waals surface area contributed by atoms with Crippen molar-refractivity contribution in [1.82, 2.24) is 0 Å². The highest BCUT2D eigenvalue weighted by Gasteiger charge is 2.04. The Labute approximate surface area is 122 Å². The zero-order valence-corrected chi connectivity index (χ0v) is 11.4. The van der Waals surface area contributed by atoms with Gasteiger partial charge in [0.05, 0.1) is 6.61 Å². The SMILES string of the molecule is O=C(COc1ccc(Cl)cc1)Nc1ccc(CO)cc1. The summed E-state index contributed by atoms with van der Waals surface area (Å²) in [6.07, 6.45) is 0. The topological polar surface area (TPSA) is 58.6 Å². The van der Waals surface area contributed by atoms with Crippen LogP contribution in [0.4, 0.5) is 5.69 Å². The number of hydrogen-bond donors (Lipinski definition) is 2. The lowest BCUT2D eigenvalue weighted by molar-refractivity contribution is -0.118. The Hall–Kier alpha value is -2.04. The van der Waals surface area contributed by atoms with Crippen LogP contribution in [0.15, 0.2) is 48.5 Å². The monoisotopic (exact) mass is 291 g/mol. The number of amides is 1. The van der Waals surface area contributed by atoms with Gasteiger partial charge in [-0.2, -0.15) is 0 Å². The number of nitrogens with one attached hydrogen (secondary N) is 1. The minimum Gasteiger partial charge on any atom is -0.484 e. The molecule has 0 aliphatic heterocycles. The summed E-state index contributed by atoms with van der Waals surface area (Å²) in [7, 11) is 0. The van der Waals surface area contributed by atoms with Crippen LogP contribution >= 0.6 is 11.6 Å². The Kier molecular flexibility index (Phi) is 4.98. The summed E-state index contributed by atoms with van der Waals surface area (Å²) in [4.78, 5) is 11.7. The molecule has 0 spiro atoms. The molecule has 2 aromatic rings. The molecule has 20 heavy (non-hydrogen) atoms.